The molecule has 0 N–H and O–H groups in total. The lowest BCUT2D eigenvalue weighted by molar-refractivity contribution is -0.156. The zero-order valence-corrected chi connectivity index (χ0v) is 15.9. The Hall–Kier alpha value is -1.84. The third kappa shape index (κ3) is 10.9. The highest BCUT2D eigenvalue weighted by atomic mass is 16.7. The van der Waals surface area contributed by atoms with Gasteiger partial charge in [-0.1, -0.05) is 31.6 Å². The normalized spacial score (nSPS) is 17.2. The molecule has 1 fully saturated rings. The molecular formula is C20H30O6. The van der Waals surface area contributed by atoms with Crippen molar-refractivity contribution in [3.8, 4) is 11.8 Å². The molecular weight excluding hydrogens is 336 g/mol. The maximum absolute atomic E-state index is 11.7. The molecule has 1 aliphatic heterocycles. The zero-order chi connectivity index (χ0) is 19.0. The van der Waals surface area contributed by atoms with Crippen molar-refractivity contribution < 1.29 is 28.5 Å². The fourth-order valence-corrected chi connectivity index (χ4v) is 2.32. The van der Waals surface area contributed by atoms with Gasteiger partial charge in [0.05, 0.1) is 13.2 Å². The van der Waals surface area contributed by atoms with E-state index in [1.54, 1.807) is 6.92 Å². The van der Waals surface area contributed by atoms with E-state index in [9.17, 15) is 9.59 Å². The van der Waals surface area contributed by atoms with E-state index in [-0.39, 0.29) is 32.1 Å². The maximum atomic E-state index is 11.7. The summed E-state index contributed by atoms with van der Waals surface area (Å²) in [5.74, 6) is 4.85. The Morgan fingerprint density at radius 1 is 1.19 bits per heavy atom. The zero-order valence-electron chi connectivity index (χ0n) is 15.9. The number of ether oxygens (including phenoxy) is 4. The van der Waals surface area contributed by atoms with Crippen LogP contribution in [0.5, 0.6) is 0 Å². The molecule has 1 heterocycles. The summed E-state index contributed by atoms with van der Waals surface area (Å²) in [6, 6.07) is 0. The molecule has 0 aromatic rings. The van der Waals surface area contributed by atoms with Gasteiger partial charge in [0.15, 0.2) is 12.9 Å². The lowest BCUT2D eigenvalue weighted by Crippen LogP contribution is -2.23. The van der Waals surface area contributed by atoms with Crippen molar-refractivity contribution in [3.63, 3.8) is 0 Å². The van der Waals surface area contributed by atoms with Crippen LogP contribution in [-0.2, 0) is 28.5 Å². The molecule has 0 aromatic heterocycles. The van der Waals surface area contributed by atoms with Crippen molar-refractivity contribution in [3.05, 3.63) is 11.6 Å². The molecule has 6 nitrogen and oxygen atoms in total. The van der Waals surface area contributed by atoms with Gasteiger partial charge in [0.2, 0.25) is 0 Å². The Morgan fingerprint density at radius 3 is 2.73 bits per heavy atom. The van der Waals surface area contributed by atoms with Crippen molar-refractivity contribution in [1.82, 2.24) is 0 Å². The summed E-state index contributed by atoms with van der Waals surface area (Å²) in [7, 11) is 0. The average molecular weight is 366 g/mol. The van der Waals surface area contributed by atoms with Gasteiger partial charge in [-0.2, -0.15) is 0 Å². The van der Waals surface area contributed by atoms with E-state index in [1.807, 2.05) is 0 Å². The van der Waals surface area contributed by atoms with Crippen molar-refractivity contribution in [2.24, 2.45) is 0 Å². The van der Waals surface area contributed by atoms with E-state index in [1.165, 1.54) is 6.08 Å². The summed E-state index contributed by atoms with van der Waals surface area (Å²) in [5, 5.41) is 0. The largest absolute Gasteiger partial charge is 0.463 e. The number of rotatable bonds is 10. The summed E-state index contributed by atoms with van der Waals surface area (Å²) in [4.78, 5) is 23.2. The van der Waals surface area contributed by atoms with E-state index in [0.717, 1.165) is 38.5 Å². The number of hydrogen-bond acceptors (Lipinski definition) is 6. The Kier molecular flexibility index (Phi) is 12.2. The Balaban J connectivity index is 2.48. The number of hydrogen-bond donors (Lipinski definition) is 0. The van der Waals surface area contributed by atoms with Gasteiger partial charge in [-0.05, 0) is 32.6 Å². The molecule has 1 unspecified atom stereocenters. The molecule has 0 bridgehead atoms. The molecule has 1 atom stereocenters. The molecule has 0 spiro atoms. The first-order valence-corrected chi connectivity index (χ1v) is 9.40. The van der Waals surface area contributed by atoms with E-state index in [0.29, 0.717) is 18.6 Å². The lowest BCUT2D eigenvalue weighted by atomic mass is 10.2. The van der Waals surface area contributed by atoms with Gasteiger partial charge in [-0.25, -0.2) is 4.79 Å². The van der Waals surface area contributed by atoms with Gasteiger partial charge in [0.1, 0.15) is 0 Å². The smallest absolute Gasteiger partial charge is 0.331 e. The molecule has 0 amide bonds. The minimum Gasteiger partial charge on any atom is -0.463 e. The standard InChI is InChI=1S/C20H30O6/c1-3-5-6-11-18(21)24-14-9-10-17(15-19(22)23-4-2)16-26-20-12-7-8-13-25-20/h15,20H,3-8,11-14,16H2,1-2H3/b17-15-. The third-order valence-electron chi connectivity index (χ3n) is 3.68. The number of carbonyl (C=O) groups excluding carboxylic acids is 2. The van der Waals surface area contributed by atoms with E-state index < -0.39 is 5.97 Å². The van der Waals surface area contributed by atoms with Gasteiger partial charge in [-0.3, -0.25) is 4.79 Å². The predicted octanol–water partition coefficient (Wildman–Crippen LogP) is 3.15. The molecule has 1 saturated heterocycles. The Morgan fingerprint density at radius 2 is 2.04 bits per heavy atom. The lowest BCUT2D eigenvalue weighted by Gasteiger charge is -2.22. The van der Waals surface area contributed by atoms with Gasteiger partial charge in [0.25, 0.3) is 0 Å². The minimum atomic E-state index is -0.471. The summed E-state index contributed by atoms with van der Waals surface area (Å²) < 4.78 is 21.1. The average Bonchev–Trinajstić information content (AvgIpc) is 2.64. The summed E-state index contributed by atoms with van der Waals surface area (Å²) in [6.07, 6.45) is 7.25. The Labute approximate surface area is 156 Å². The molecule has 0 aliphatic carbocycles. The van der Waals surface area contributed by atoms with Crippen LogP contribution in [-0.4, -0.2) is 44.7 Å². The quantitative estimate of drug-likeness (QED) is 0.256. The van der Waals surface area contributed by atoms with Gasteiger partial charge in [-0.15, -0.1) is 0 Å². The first-order valence-electron chi connectivity index (χ1n) is 9.40. The fourth-order valence-electron chi connectivity index (χ4n) is 2.32. The molecule has 1 aliphatic rings. The molecule has 0 radical (unpaired) electrons. The van der Waals surface area contributed by atoms with E-state index in [4.69, 9.17) is 18.9 Å². The van der Waals surface area contributed by atoms with Crippen LogP contribution in [0.3, 0.4) is 0 Å². The molecule has 6 heteroatoms. The van der Waals surface area contributed by atoms with Crippen LogP contribution in [0.15, 0.2) is 11.6 Å². The van der Waals surface area contributed by atoms with Crippen LogP contribution in [0.2, 0.25) is 0 Å². The third-order valence-corrected chi connectivity index (χ3v) is 3.68. The van der Waals surface area contributed by atoms with Crippen LogP contribution in [0.25, 0.3) is 0 Å². The SMILES string of the molecule is CCCCCC(=O)OCC#C/C(=C/C(=O)OCC)COC1CCCCO1. The minimum absolute atomic E-state index is 0.00888. The van der Waals surface area contributed by atoms with Crippen LogP contribution in [0, 0.1) is 11.8 Å². The second-order valence-corrected chi connectivity index (χ2v) is 5.95. The second-order valence-electron chi connectivity index (χ2n) is 5.95. The van der Waals surface area contributed by atoms with Crippen LogP contribution >= 0.6 is 0 Å². The van der Waals surface area contributed by atoms with Crippen molar-refractivity contribution >= 4 is 11.9 Å². The molecule has 26 heavy (non-hydrogen) atoms. The first-order chi connectivity index (χ1) is 12.7. The van der Waals surface area contributed by atoms with Crippen LogP contribution in [0.4, 0.5) is 0 Å². The summed E-state index contributed by atoms with van der Waals surface area (Å²) >= 11 is 0. The van der Waals surface area contributed by atoms with E-state index >= 15 is 0 Å². The topological polar surface area (TPSA) is 71.1 Å². The number of unbranched alkanes of at least 4 members (excludes halogenated alkanes) is 2. The summed E-state index contributed by atoms with van der Waals surface area (Å²) in [5.41, 5.74) is 0.472. The maximum Gasteiger partial charge on any atom is 0.331 e. The molecule has 146 valence electrons. The number of esters is 2. The highest BCUT2D eigenvalue weighted by Gasteiger charge is 2.14. The van der Waals surface area contributed by atoms with Gasteiger partial charge >= 0.3 is 11.9 Å². The Bertz CT molecular complexity index is 508. The highest BCUT2D eigenvalue weighted by molar-refractivity contribution is 5.83. The van der Waals surface area contributed by atoms with Crippen LogP contribution in [0.1, 0.15) is 58.8 Å². The summed E-state index contributed by atoms with van der Waals surface area (Å²) in [6.45, 7) is 4.93. The molecule has 0 saturated carbocycles. The van der Waals surface area contributed by atoms with Crippen molar-refractivity contribution in [2.75, 3.05) is 26.4 Å². The molecule has 0 aromatic carbocycles. The van der Waals surface area contributed by atoms with Gasteiger partial charge < -0.3 is 18.9 Å². The first kappa shape index (κ1) is 22.2. The van der Waals surface area contributed by atoms with Crippen molar-refractivity contribution in [2.45, 2.75) is 65.1 Å². The van der Waals surface area contributed by atoms with Crippen LogP contribution < -0.4 is 0 Å². The fraction of sp³-hybridized carbons (Fsp3) is 0.700. The van der Waals surface area contributed by atoms with Crippen molar-refractivity contribution in [1.29, 1.82) is 0 Å². The molecule has 1 rings (SSSR count). The van der Waals surface area contributed by atoms with Gasteiger partial charge in [0, 0.05) is 24.7 Å². The predicted molar refractivity (Wildman–Crippen MR) is 97.1 cm³/mol. The monoisotopic (exact) mass is 366 g/mol. The number of carbonyl (C=O) groups is 2. The second kappa shape index (κ2) is 14.3. The highest BCUT2D eigenvalue weighted by Crippen LogP contribution is 2.14. The van der Waals surface area contributed by atoms with E-state index in [2.05, 4.69) is 18.8 Å².